The number of rotatable bonds is 2. The number of methoxy groups -OCH3 is 1. The SMILES string of the molecule is COC(=O)c1cncc(/C=C/C#N)c1. The van der Waals surface area contributed by atoms with Crippen LogP contribution >= 0.6 is 0 Å². The number of esters is 1. The summed E-state index contributed by atoms with van der Waals surface area (Å²) >= 11 is 0. The molecule has 0 unspecified atom stereocenters. The fourth-order valence-electron chi connectivity index (χ4n) is 0.912. The Balaban J connectivity index is 2.96. The molecule has 0 saturated carbocycles. The summed E-state index contributed by atoms with van der Waals surface area (Å²) < 4.78 is 4.53. The Morgan fingerprint density at radius 1 is 1.64 bits per heavy atom. The van der Waals surface area contributed by atoms with Gasteiger partial charge >= 0.3 is 5.97 Å². The summed E-state index contributed by atoms with van der Waals surface area (Å²) in [6.45, 7) is 0. The summed E-state index contributed by atoms with van der Waals surface area (Å²) in [4.78, 5) is 14.9. The number of hydrogen-bond donors (Lipinski definition) is 0. The molecule has 1 aromatic heterocycles. The van der Waals surface area contributed by atoms with Crippen LogP contribution in [-0.2, 0) is 4.74 Å². The van der Waals surface area contributed by atoms with Gasteiger partial charge in [0.2, 0.25) is 0 Å². The van der Waals surface area contributed by atoms with E-state index in [0.717, 1.165) is 0 Å². The van der Waals surface area contributed by atoms with Crippen LogP contribution in [0.2, 0.25) is 0 Å². The van der Waals surface area contributed by atoms with Gasteiger partial charge in [0.1, 0.15) is 0 Å². The number of carbonyl (C=O) groups excluding carboxylic acids is 1. The third kappa shape index (κ3) is 2.42. The number of carbonyl (C=O) groups is 1. The van der Waals surface area contributed by atoms with Crippen LogP contribution in [0.3, 0.4) is 0 Å². The van der Waals surface area contributed by atoms with Gasteiger partial charge in [-0.25, -0.2) is 4.79 Å². The molecule has 0 radical (unpaired) electrons. The van der Waals surface area contributed by atoms with E-state index in [-0.39, 0.29) is 0 Å². The topological polar surface area (TPSA) is 63.0 Å². The van der Waals surface area contributed by atoms with Gasteiger partial charge in [-0.05, 0) is 17.7 Å². The number of ether oxygens (including phenoxy) is 1. The minimum absolute atomic E-state index is 0.368. The molecule has 70 valence electrons. The van der Waals surface area contributed by atoms with E-state index in [4.69, 9.17) is 5.26 Å². The van der Waals surface area contributed by atoms with E-state index in [1.54, 1.807) is 18.3 Å². The molecule has 1 heterocycles. The van der Waals surface area contributed by atoms with Crippen LogP contribution in [0.5, 0.6) is 0 Å². The van der Waals surface area contributed by atoms with Crippen molar-refractivity contribution < 1.29 is 9.53 Å². The summed E-state index contributed by atoms with van der Waals surface area (Å²) in [5, 5.41) is 8.30. The molecule has 0 saturated heterocycles. The summed E-state index contributed by atoms with van der Waals surface area (Å²) in [6.07, 6.45) is 5.85. The molecule has 0 spiro atoms. The van der Waals surface area contributed by atoms with Crippen molar-refractivity contribution in [1.29, 1.82) is 5.26 Å². The molecular formula is C10H8N2O2. The Labute approximate surface area is 81.5 Å². The molecule has 0 aliphatic carbocycles. The van der Waals surface area contributed by atoms with Crippen LogP contribution in [0.1, 0.15) is 15.9 Å². The summed E-state index contributed by atoms with van der Waals surface area (Å²) in [5.74, 6) is -0.440. The Bertz CT molecular complexity index is 405. The van der Waals surface area contributed by atoms with Gasteiger partial charge in [-0.15, -0.1) is 0 Å². The van der Waals surface area contributed by atoms with Crippen LogP contribution in [0, 0.1) is 11.3 Å². The van der Waals surface area contributed by atoms with E-state index in [2.05, 4.69) is 9.72 Å². The second-order valence-electron chi connectivity index (χ2n) is 2.46. The maximum atomic E-state index is 11.1. The predicted octanol–water partition coefficient (Wildman–Crippen LogP) is 1.40. The fourth-order valence-corrected chi connectivity index (χ4v) is 0.912. The first-order valence-corrected chi connectivity index (χ1v) is 3.87. The van der Waals surface area contributed by atoms with Crippen LogP contribution < -0.4 is 0 Å². The van der Waals surface area contributed by atoms with Crippen molar-refractivity contribution in [3.05, 3.63) is 35.7 Å². The van der Waals surface area contributed by atoms with E-state index < -0.39 is 5.97 Å². The van der Waals surface area contributed by atoms with Gasteiger partial charge in [0.25, 0.3) is 0 Å². The molecule has 0 aromatic carbocycles. The average molecular weight is 188 g/mol. The zero-order valence-corrected chi connectivity index (χ0v) is 7.60. The smallest absolute Gasteiger partial charge is 0.339 e. The van der Waals surface area contributed by atoms with Gasteiger partial charge in [0, 0.05) is 18.5 Å². The lowest BCUT2D eigenvalue weighted by Gasteiger charge is -1.98. The molecule has 4 nitrogen and oxygen atoms in total. The quantitative estimate of drug-likeness (QED) is 0.520. The number of pyridine rings is 1. The van der Waals surface area contributed by atoms with Crippen molar-refractivity contribution in [2.24, 2.45) is 0 Å². The van der Waals surface area contributed by atoms with Crippen LogP contribution in [0.15, 0.2) is 24.5 Å². The van der Waals surface area contributed by atoms with Gasteiger partial charge in [-0.2, -0.15) is 5.26 Å². The highest BCUT2D eigenvalue weighted by molar-refractivity contribution is 5.89. The zero-order valence-electron chi connectivity index (χ0n) is 7.60. The van der Waals surface area contributed by atoms with E-state index in [1.165, 1.54) is 19.4 Å². The van der Waals surface area contributed by atoms with Crippen molar-refractivity contribution in [3.8, 4) is 6.07 Å². The lowest BCUT2D eigenvalue weighted by atomic mass is 10.2. The molecule has 0 aliphatic rings. The first-order valence-electron chi connectivity index (χ1n) is 3.87. The average Bonchev–Trinajstić information content (AvgIpc) is 2.25. The van der Waals surface area contributed by atoms with E-state index >= 15 is 0 Å². The first kappa shape index (κ1) is 9.93. The Kier molecular flexibility index (Phi) is 3.39. The molecule has 1 rings (SSSR count). The van der Waals surface area contributed by atoms with Crippen molar-refractivity contribution in [2.45, 2.75) is 0 Å². The van der Waals surface area contributed by atoms with Crippen LogP contribution in [0.4, 0.5) is 0 Å². The molecular weight excluding hydrogens is 180 g/mol. The highest BCUT2D eigenvalue weighted by atomic mass is 16.5. The third-order valence-electron chi connectivity index (χ3n) is 1.53. The van der Waals surface area contributed by atoms with Gasteiger partial charge in [0.15, 0.2) is 0 Å². The minimum Gasteiger partial charge on any atom is -0.465 e. The number of nitrogens with zero attached hydrogens (tertiary/aromatic N) is 2. The molecule has 14 heavy (non-hydrogen) atoms. The van der Waals surface area contributed by atoms with Crippen molar-refractivity contribution in [1.82, 2.24) is 4.98 Å². The third-order valence-corrected chi connectivity index (χ3v) is 1.53. The Hall–Kier alpha value is -2.15. The molecule has 0 N–H and O–H groups in total. The van der Waals surface area contributed by atoms with Gasteiger partial charge in [-0.3, -0.25) is 4.98 Å². The second-order valence-corrected chi connectivity index (χ2v) is 2.46. The summed E-state index contributed by atoms with van der Waals surface area (Å²) in [7, 11) is 1.31. The number of nitriles is 1. The zero-order chi connectivity index (χ0) is 10.4. The molecule has 4 heteroatoms. The van der Waals surface area contributed by atoms with E-state index in [9.17, 15) is 4.79 Å². The highest BCUT2D eigenvalue weighted by Crippen LogP contribution is 2.05. The first-order chi connectivity index (χ1) is 6.77. The number of hydrogen-bond acceptors (Lipinski definition) is 4. The Morgan fingerprint density at radius 2 is 2.43 bits per heavy atom. The molecule has 1 aromatic rings. The van der Waals surface area contributed by atoms with Gasteiger partial charge in [0.05, 0.1) is 18.7 Å². The molecule has 0 fully saturated rings. The predicted molar refractivity (Wildman–Crippen MR) is 50.2 cm³/mol. The van der Waals surface area contributed by atoms with Crippen molar-refractivity contribution >= 4 is 12.0 Å². The monoisotopic (exact) mass is 188 g/mol. The van der Waals surface area contributed by atoms with Crippen LogP contribution in [0.25, 0.3) is 6.08 Å². The molecule has 0 aliphatic heterocycles. The lowest BCUT2D eigenvalue weighted by molar-refractivity contribution is 0.0600. The Morgan fingerprint density at radius 3 is 3.07 bits per heavy atom. The second kappa shape index (κ2) is 4.77. The number of allylic oxidation sites excluding steroid dienone is 1. The number of aromatic nitrogens is 1. The van der Waals surface area contributed by atoms with Gasteiger partial charge < -0.3 is 4.74 Å². The van der Waals surface area contributed by atoms with Crippen molar-refractivity contribution in [2.75, 3.05) is 7.11 Å². The van der Waals surface area contributed by atoms with Crippen LogP contribution in [-0.4, -0.2) is 18.1 Å². The maximum absolute atomic E-state index is 11.1. The molecule has 0 atom stereocenters. The molecule has 0 amide bonds. The minimum atomic E-state index is -0.440. The van der Waals surface area contributed by atoms with Crippen molar-refractivity contribution in [3.63, 3.8) is 0 Å². The summed E-state index contributed by atoms with van der Waals surface area (Å²) in [5.41, 5.74) is 1.06. The maximum Gasteiger partial charge on any atom is 0.339 e. The fraction of sp³-hybridized carbons (Fsp3) is 0.100. The van der Waals surface area contributed by atoms with E-state index in [1.807, 2.05) is 6.07 Å². The van der Waals surface area contributed by atoms with E-state index in [0.29, 0.717) is 11.1 Å². The largest absolute Gasteiger partial charge is 0.465 e. The lowest BCUT2D eigenvalue weighted by Crippen LogP contribution is -2.01. The normalized spacial score (nSPS) is 9.71. The highest BCUT2D eigenvalue weighted by Gasteiger charge is 2.04. The standard InChI is InChI=1S/C10H8N2O2/c1-14-10(13)9-5-8(3-2-4-11)6-12-7-9/h2-3,5-7H,1H3/b3-2+. The van der Waals surface area contributed by atoms with Gasteiger partial charge in [-0.1, -0.05) is 0 Å². The molecule has 0 bridgehead atoms. The summed E-state index contributed by atoms with van der Waals surface area (Å²) in [6, 6.07) is 3.46.